The largest absolute Gasteiger partial charge is 0.468 e. The molecule has 2 aromatic rings. The Morgan fingerprint density at radius 1 is 1.15 bits per heavy atom. The number of carbonyl (C=O) groups is 1. The van der Waals surface area contributed by atoms with E-state index in [9.17, 15) is 4.79 Å². The Balaban J connectivity index is 1.22. The Morgan fingerprint density at radius 2 is 1.96 bits per heavy atom. The van der Waals surface area contributed by atoms with Gasteiger partial charge in [0.2, 0.25) is 12.7 Å². The average Bonchev–Trinajstić information content (AvgIpc) is 3.38. The summed E-state index contributed by atoms with van der Waals surface area (Å²) < 4.78 is 16.2. The maximum atomic E-state index is 12.4. The summed E-state index contributed by atoms with van der Waals surface area (Å²) in [7, 11) is 0. The quantitative estimate of drug-likeness (QED) is 0.838. The summed E-state index contributed by atoms with van der Waals surface area (Å²) in [5.41, 5.74) is 1.20. The molecule has 7 heteroatoms. The summed E-state index contributed by atoms with van der Waals surface area (Å²) in [6.07, 6.45) is 1.65. The molecule has 1 amide bonds. The summed E-state index contributed by atoms with van der Waals surface area (Å²) in [5.74, 6) is 2.61. The van der Waals surface area contributed by atoms with Gasteiger partial charge in [-0.05, 0) is 36.8 Å². The molecule has 1 atom stereocenters. The lowest BCUT2D eigenvalue weighted by Crippen LogP contribution is -2.50. The Morgan fingerprint density at radius 3 is 2.74 bits per heavy atom. The van der Waals surface area contributed by atoms with Gasteiger partial charge in [-0.3, -0.25) is 15.0 Å². The number of ether oxygens (including phenoxy) is 2. The molecular weight excluding hydrogens is 346 g/mol. The molecule has 4 rings (SSSR count). The molecule has 7 nitrogen and oxygen atoms in total. The number of furan rings is 1. The number of hydrogen-bond donors (Lipinski definition) is 1. The number of fused-ring (bicyclic) bond motifs is 1. The van der Waals surface area contributed by atoms with Gasteiger partial charge >= 0.3 is 0 Å². The monoisotopic (exact) mass is 371 g/mol. The average molecular weight is 371 g/mol. The van der Waals surface area contributed by atoms with Crippen molar-refractivity contribution in [1.29, 1.82) is 0 Å². The lowest BCUT2D eigenvalue weighted by atomic mass is 10.1. The van der Waals surface area contributed by atoms with E-state index in [-0.39, 0.29) is 11.9 Å². The third kappa shape index (κ3) is 4.26. The fourth-order valence-corrected chi connectivity index (χ4v) is 3.44. The minimum atomic E-state index is 0.0243. The molecule has 3 heterocycles. The predicted molar refractivity (Wildman–Crippen MR) is 99.5 cm³/mol. The number of nitrogens with one attached hydrogen (secondary N) is 1. The van der Waals surface area contributed by atoms with Crippen LogP contribution >= 0.6 is 0 Å². The first-order chi connectivity index (χ1) is 13.2. The van der Waals surface area contributed by atoms with Crippen molar-refractivity contribution in [3.05, 3.63) is 47.9 Å². The molecule has 27 heavy (non-hydrogen) atoms. The molecule has 0 radical (unpaired) electrons. The topological polar surface area (TPSA) is 67.2 Å². The molecule has 1 N–H and O–H groups in total. The van der Waals surface area contributed by atoms with Crippen LogP contribution in [0.5, 0.6) is 11.5 Å². The molecule has 1 fully saturated rings. The smallest absolute Gasteiger partial charge is 0.236 e. The lowest BCUT2D eigenvalue weighted by molar-refractivity contribution is -0.132. The molecule has 0 spiro atoms. The summed E-state index contributed by atoms with van der Waals surface area (Å²) in [5, 5.41) is 3.23. The number of hydrogen-bond acceptors (Lipinski definition) is 6. The molecular formula is C20H25N3O4. The van der Waals surface area contributed by atoms with E-state index in [0.29, 0.717) is 13.3 Å². The Hall–Kier alpha value is -2.51. The van der Waals surface area contributed by atoms with Gasteiger partial charge in [-0.25, -0.2) is 0 Å². The van der Waals surface area contributed by atoms with Gasteiger partial charge in [0, 0.05) is 32.7 Å². The SMILES string of the molecule is C[C@H](NCC(=O)N1CCN(Cc2ccc3c(c2)OCO3)CC1)c1ccco1. The van der Waals surface area contributed by atoms with Crippen molar-refractivity contribution >= 4 is 5.91 Å². The maximum Gasteiger partial charge on any atom is 0.236 e. The van der Waals surface area contributed by atoms with Gasteiger partial charge in [-0.15, -0.1) is 0 Å². The zero-order valence-corrected chi connectivity index (χ0v) is 15.5. The first kappa shape index (κ1) is 17.9. The molecule has 0 saturated carbocycles. The van der Waals surface area contributed by atoms with Gasteiger partial charge in [0.25, 0.3) is 0 Å². The van der Waals surface area contributed by atoms with E-state index in [1.807, 2.05) is 36.1 Å². The summed E-state index contributed by atoms with van der Waals surface area (Å²) in [6, 6.07) is 9.87. The molecule has 0 bridgehead atoms. The molecule has 1 saturated heterocycles. The second kappa shape index (κ2) is 8.02. The normalized spacial score (nSPS) is 17.9. The molecule has 0 unspecified atom stereocenters. The van der Waals surface area contributed by atoms with Crippen molar-refractivity contribution in [2.45, 2.75) is 19.5 Å². The molecule has 2 aliphatic rings. The van der Waals surface area contributed by atoms with Crippen LogP contribution in [0, 0.1) is 0 Å². The van der Waals surface area contributed by atoms with Crippen molar-refractivity contribution in [2.75, 3.05) is 39.5 Å². The third-order valence-corrected chi connectivity index (χ3v) is 5.10. The number of amides is 1. The Kier molecular flexibility index (Phi) is 5.31. The number of piperazine rings is 1. The van der Waals surface area contributed by atoms with E-state index in [0.717, 1.165) is 50.0 Å². The van der Waals surface area contributed by atoms with Crippen LogP contribution in [0.25, 0.3) is 0 Å². The molecule has 144 valence electrons. The van der Waals surface area contributed by atoms with Crippen molar-refractivity contribution in [3.63, 3.8) is 0 Å². The molecule has 1 aromatic carbocycles. The predicted octanol–water partition coefficient (Wildman–Crippen LogP) is 2.00. The van der Waals surface area contributed by atoms with Crippen LogP contribution in [0.1, 0.15) is 24.3 Å². The van der Waals surface area contributed by atoms with E-state index in [1.165, 1.54) is 5.56 Å². The van der Waals surface area contributed by atoms with Crippen molar-refractivity contribution < 1.29 is 18.7 Å². The highest BCUT2D eigenvalue weighted by Crippen LogP contribution is 2.32. The van der Waals surface area contributed by atoms with Crippen LogP contribution in [0.3, 0.4) is 0 Å². The van der Waals surface area contributed by atoms with Crippen LogP contribution < -0.4 is 14.8 Å². The maximum absolute atomic E-state index is 12.4. The standard InChI is InChI=1S/C20H25N3O4/c1-15(17-3-2-10-25-17)21-12-20(24)23-8-6-22(7-9-23)13-16-4-5-18-19(11-16)27-14-26-18/h2-5,10-11,15,21H,6-9,12-14H2,1H3/t15-/m0/s1. The van der Waals surface area contributed by atoms with E-state index in [1.54, 1.807) is 6.26 Å². The Labute approximate surface area is 158 Å². The first-order valence-electron chi connectivity index (χ1n) is 9.34. The van der Waals surface area contributed by atoms with Gasteiger partial charge in [0.05, 0.1) is 18.8 Å². The highest BCUT2D eigenvalue weighted by atomic mass is 16.7. The van der Waals surface area contributed by atoms with Gasteiger partial charge in [-0.2, -0.15) is 0 Å². The van der Waals surface area contributed by atoms with Crippen LogP contribution in [0.15, 0.2) is 41.0 Å². The van der Waals surface area contributed by atoms with Gasteiger partial charge in [0.15, 0.2) is 11.5 Å². The zero-order chi connectivity index (χ0) is 18.6. The molecule has 1 aromatic heterocycles. The highest BCUT2D eigenvalue weighted by Gasteiger charge is 2.22. The van der Waals surface area contributed by atoms with E-state index in [4.69, 9.17) is 13.9 Å². The van der Waals surface area contributed by atoms with Crippen LogP contribution in [-0.2, 0) is 11.3 Å². The summed E-state index contributed by atoms with van der Waals surface area (Å²) in [6.45, 7) is 6.71. The lowest BCUT2D eigenvalue weighted by Gasteiger charge is -2.35. The van der Waals surface area contributed by atoms with E-state index >= 15 is 0 Å². The second-order valence-electron chi connectivity index (χ2n) is 6.96. The molecule has 0 aliphatic carbocycles. The van der Waals surface area contributed by atoms with Gasteiger partial charge < -0.3 is 18.8 Å². The van der Waals surface area contributed by atoms with Gasteiger partial charge in [0.1, 0.15) is 5.76 Å². The Bertz CT molecular complexity index is 770. The fourth-order valence-electron chi connectivity index (χ4n) is 3.44. The number of nitrogens with zero attached hydrogens (tertiary/aromatic N) is 2. The third-order valence-electron chi connectivity index (χ3n) is 5.10. The van der Waals surface area contributed by atoms with Gasteiger partial charge in [-0.1, -0.05) is 6.07 Å². The number of rotatable bonds is 6. The van der Waals surface area contributed by atoms with Crippen molar-refractivity contribution in [2.24, 2.45) is 0 Å². The number of carbonyl (C=O) groups excluding carboxylic acids is 1. The first-order valence-corrected chi connectivity index (χ1v) is 9.34. The van der Waals surface area contributed by atoms with E-state index < -0.39 is 0 Å². The number of benzene rings is 1. The van der Waals surface area contributed by atoms with Crippen LogP contribution in [0.4, 0.5) is 0 Å². The summed E-state index contributed by atoms with van der Waals surface area (Å²) >= 11 is 0. The van der Waals surface area contributed by atoms with Crippen molar-refractivity contribution in [3.8, 4) is 11.5 Å². The zero-order valence-electron chi connectivity index (χ0n) is 15.5. The minimum absolute atomic E-state index is 0.0243. The highest BCUT2D eigenvalue weighted by molar-refractivity contribution is 5.78. The van der Waals surface area contributed by atoms with E-state index in [2.05, 4.69) is 16.3 Å². The van der Waals surface area contributed by atoms with Crippen molar-refractivity contribution in [1.82, 2.24) is 15.1 Å². The fraction of sp³-hybridized carbons (Fsp3) is 0.450. The molecule has 2 aliphatic heterocycles. The van der Waals surface area contributed by atoms with Crippen LogP contribution in [-0.4, -0.2) is 55.2 Å². The summed E-state index contributed by atoms with van der Waals surface area (Å²) in [4.78, 5) is 16.7. The minimum Gasteiger partial charge on any atom is -0.468 e. The van der Waals surface area contributed by atoms with Crippen LogP contribution in [0.2, 0.25) is 0 Å². The second-order valence-corrected chi connectivity index (χ2v) is 6.96.